The van der Waals surface area contributed by atoms with Crippen molar-refractivity contribution in [3.05, 3.63) is 0 Å². The molecule has 2 rings (SSSR count). The summed E-state index contributed by atoms with van der Waals surface area (Å²) in [7, 11) is 0. The highest BCUT2D eigenvalue weighted by Crippen LogP contribution is 2.21. The van der Waals surface area contributed by atoms with Crippen molar-refractivity contribution in [1.82, 2.24) is 10.6 Å². The van der Waals surface area contributed by atoms with Crippen molar-refractivity contribution in [3.8, 4) is 0 Å². The van der Waals surface area contributed by atoms with Crippen molar-refractivity contribution in [3.63, 3.8) is 0 Å². The summed E-state index contributed by atoms with van der Waals surface area (Å²) in [6.07, 6.45) is 3.99. The van der Waals surface area contributed by atoms with E-state index in [0.29, 0.717) is 0 Å². The first-order valence-corrected chi connectivity index (χ1v) is 6.30. The lowest BCUT2D eigenvalue weighted by atomic mass is 9.90. The molecule has 4 heteroatoms. The van der Waals surface area contributed by atoms with Gasteiger partial charge in [-0.15, -0.1) is 0 Å². The molecule has 0 aromatic heterocycles. The maximum absolute atomic E-state index is 12.1. The monoisotopic (exact) mass is 226 g/mol. The van der Waals surface area contributed by atoms with Crippen LogP contribution in [-0.2, 0) is 9.53 Å². The minimum atomic E-state index is -0.0488. The number of amides is 1. The summed E-state index contributed by atoms with van der Waals surface area (Å²) in [5.41, 5.74) is -0.0488. The summed E-state index contributed by atoms with van der Waals surface area (Å²) in [5, 5.41) is 6.49. The molecule has 1 atom stereocenters. The second-order valence-corrected chi connectivity index (χ2v) is 5.21. The van der Waals surface area contributed by atoms with Crippen LogP contribution in [0.1, 0.15) is 32.6 Å². The van der Waals surface area contributed by atoms with Gasteiger partial charge < -0.3 is 15.4 Å². The molecule has 0 aliphatic carbocycles. The van der Waals surface area contributed by atoms with Crippen LogP contribution in [0.25, 0.3) is 0 Å². The molecular formula is C12H22N2O2. The largest absolute Gasteiger partial charge is 0.381 e. The fourth-order valence-corrected chi connectivity index (χ4v) is 2.42. The van der Waals surface area contributed by atoms with Gasteiger partial charge in [0, 0.05) is 25.3 Å². The summed E-state index contributed by atoms with van der Waals surface area (Å²) < 4.78 is 5.33. The first-order valence-electron chi connectivity index (χ1n) is 6.30. The minimum absolute atomic E-state index is 0.0488. The fraction of sp³-hybridized carbons (Fsp3) is 0.917. The van der Waals surface area contributed by atoms with Crippen LogP contribution >= 0.6 is 0 Å². The van der Waals surface area contributed by atoms with Gasteiger partial charge in [-0.2, -0.15) is 0 Å². The number of hydrogen-bond donors (Lipinski definition) is 2. The third-order valence-electron chi connectivity index (χ3n) is 3.69. The van der Waals surface area contributed by atoms with Crippen molar-refractivity contribution >= 4 is 5.91 Å². The number of ether oxygens (including phenoxy) is 1. The molecule has 16 heavy (non-hydrogen) atoms. The molecular weight excluding hydrogens is 204 g/mol. The normalized spacial score (nSPS) is 29.7. The van der Waals surface area contributed by atoms with Crippen molar-refractivity contribution in [2.75, 3.05) is 26.3 Å². The Morgan fingerprint density at radius 1 is 1.44 bits per heavy atom. The molecule has 2 N–H and O–H groups in total. The number of piperidine rings is 1. The third kappa shape index (κ3) is 2.95. The van der Waals surface area contributed by atoms with Crippen molar-refractivity contribution in [1.29, 1.82) is 0 Å². The molecule has 2 heterocycles. The van der Waals surface area contributed by atoms with Crippen LogP contribution in [0.4, 0.5) is 0 Å². The number of carbonyl (C=O) groups is 1. The number of carbonyl (C=O) groups excluding carboxylic acids is 1. The van der Waals surface area contributed by atoms with Crippen LogP contribution in [-0.4, -0.2) is 37.7 Å². The van der Waals surface area contributed by atoms with Gasteiger partial charge in [0.1, 0.15) is 0 Å². The summed E-state index contributed by atoms with van der Waals surface area (Å²) in [4.78, 5) is 12.1. The predicted octanol–water partition coefficient (Wildman–Crippen LogP) is 0.671. The lowest BCUT2D eigenvalue weighted by Crippen LogP contribution is -2.53. The van der Waals surface area contributed by atoms with Gasteiger partial charge in [0.25, 0.3) is 0 Å². The lowest BCUT2D eigenvalue weighted by molar-refractivity contribution is -0.128. The van der Waals surface area contributed by atoms with E-state index in [1.54, 1.807) is 0 Å². The summed E-state index contributed by atoms with van der Waals surface area (Å²) >= 11 is 0. The van der Waals surface area contributed by atoms with E-state index in [4.69, 9.17) is 4.74 Å². The van der Waals surface area contributed by atoms with E-state index in [2.05, 4.69) is 17.6 Å². The third-order valence-corrected chi connectivity index (χ3v) is 3.69. The zero-order valence-corrected chi connectivity index (χ0v) is 10.1. The Morgan fingerprint density at radius 2 is 2.19 bits per heavy atom. The second-order valence-electron chi connectivity index (χ2n) is 5.21. The van der Waals surface area contributed by atoms with Gasteiger partial charge in [-0.1, -0.05) is 0 Å². The summed E-state index contributed by atoms with van der Waals surface area (Å²) in [5.74, 6) is 0.380. The van der Waals surface area contributed by atoms with Crippen molar-refractivity contribution in [2.45, 2.75) is 38.1 Å². The van der Waals surface area contributed by atoms with Crippen molar-refractivity contribution in [2.24, 2.45) is 5.92 Å². The van der Waals surface area contributed by atoms with Crippen LogP contribution < -0.4 is 10.6 Å². The van der Waals surface area contributed by atoms with Gasteiger partial charge in [0.05, 0.1) is 5.92 Å². The molecule has 0 aromatic rings. The molecule has 0 saturated carbocycles. The summed E-state index contributed by atoms with van der Waals surface area (Å²) in [6, 6.07) is 0. The van der Waals surface area contributed by atoms with Crippen LogP contribution in [0.15, 0.2) is 0 Å². The zero-order chi connectivity index (χ0) is 11.4. The molecule has 0 radical (unpaired) electrons. The average Bonchev–Trinajstić information content (AvgIpc) is 2.30. The quantitative estimate of drug-likeness (QED) is 0.727. The van der Waals surface area contributed by atoms with E-state index in [1.165, 1.54) is 0 Å². The predicted molar refractivity (Wildman–Crippen MR) is 62.2 cm³/mol. The molecule has 2 aliphatic rings. The molecule has 1 unspecified atom stereocenters. The van der Waals surface area contributed by atoms with Gasteiger partial charge in [-0.3, -0.25) is 4.79 Å². The van der Waals surface area contributed by atoms with E-state index in [9.17, 15) is 4.79 Å². The maximum Gasteiger partial charge on any atom is 0.224 e. The van der Waals surface area contributed by atoms with Crippen LogP contribution in [0, 0.1) is 5.92 Å². The van der Waals surface area contributed by atoms with E-state index < -0.39 is 0 Å². The molecule has 0 bridgehead atoms. The van der Waals surface area contributed by atoms with E-state index in [-0.39, 0.29) is 17.4 Å². The smallest absolute Gasteiger partial charge is 0.224 e. The standard InChI is InChI=1S/C12H22N2O2/c1-12(4-7-16-8-5-12)14-11(15)10-3-2-6-13-9-10/h10,13H,2-9H2,1H3,(H,14,15). The van der Waals surface area contributed by atoms with Crippen LogP contribution in [0.3, 0.4) is 0 Å². The van der Waals surface area contributed by atoms with E-state index in [1.807, 2.05) is 0 Å². The topological polar surface area (TPSA) is 50.4 Å². The van der Waals surface area contributed by atoms with Gasteiger partial charge in [0.15, 0.2) is 0 Å². The highest BCUT2D eigenvalue weighted by atomic mass is 16.5. The zero-order valence-electron chi connectivity index (χ0n) is 10.1. The highest BCUT2D eigenvalue weighted by Gasteiger charge is 2.31. The molecule has 2 aliphatic heterocycles. The lowest BCUT2D eigenvalue weighted by Gasteiger charge is -2.36. The number of hydrogen-bond acceptors (Lipinski definition) is 3. The molecule has 4 nitrogen and oxygen atoms in total. The Morgan fingerprint density at radius 3 is 2.81 bits per heavy atom. The second kappa shape index (κ2) is 5.15. The molecule has 92 valence electrons. The Hall–Kier alpha value is -0.610. The first-order chi connectivity index (χ1) is 7.70. The average molecular weight is 226 g/mol. The molecule has 0 aromatic carbocycles. The highest BCUT2D eigenvalue weighted by molar-refractivity contribution is 5.79. The minimum Gasteiger partial charge on any atom is -0.381 e. The number of nitrogens with one attached hydrogen (secondary N) is 2. The maximum atomic E-state index is 12.1. The Kier molecular flexibility index (Phi) is 3.82. The van der Waals surface area contributed by atoms with E-state index >= 15 is 0 Å². The van der Waals surface area contributed by atoms with E-state index in [0.717, 1.165) is 52.0 Å². The van der Waals surface area contributed by atoms with Crippen molar-refractivity contribution < 1.29 is 9.53 Å². The van der Waals surface area contributed by atoms with Gasteiger partial charge in [-0.05, 0) is 39.2 Å². The van der Waals surface area contributed by atoms with Gasteiger partial charge >= 0.3 is 0 Å². The number of rotatable bonds is 2. The molecule has 2 fully saturated rings. The Labute approximate surface area is 97.1 Å². The van der Waals surface area contributed by atoms with Gasteiger partial charge in [0.2, 0.25) is 5.91 Å². The van der Waals surface area contributed by atoms with Crippen LogP contribution in [0.2, 0.25) is 0 Å². The molecule has 1 amide bonds. The first kappa shape index (κ1) is 11.9. The van der Waals surface area contributed by atoms with Crippen LogP contribution in [0.5, 0.6) is 0 Å². The van der Waals surface area contributed by atoms with Gasteiger partial charge in [-0.25, -0.2) is 0 Å². The Bertz CT molecular complexity index is 243. The molecule has 0 spiro atoms. The summed E-state index contributed by atoms with van der Waals surface area (Å²) in [6.45, 7) is 5.54. The molecule has 2 saturated heterocycles. The SMILES string of the molecule is CC1(NC(=O)C2CCCNC2)CCOCC1. The fourth-order valence-electron chi connectivity index (χ4n) is 2.42. The Balaban J connectivity index is 1.85.